The number of esters is 1. The molecule has 0 saturated heterocycles. The van der Waals surface area contributed by atoms with Crippen molar-refractivity contribution in [3.63, 3.8) is 0 Å². The number of anilines is 1. The number of hydrogen-bond acceptors (Lipinski definition) is 4. The van der Waals surface area contributed by atoms with E-state index in [4.69, 9.17) is 4.74 Å². The molecule has 0 spiro atoms. The van der Waals surface area contributed by atoms with Crippen molar-refractivity contribution in [2.75, 3.05) is 11.9 Å². The van der Waals surface area contributed by atoms with Gasteiger partial charge >= 0.3 is 5.97 Å². The molecule has 1 aromatic rings. The summed E-state index contributed by atoms with van der Waals surface area (Å²) in [5.41, 5.74) is 1.03. The number of rotatable bonds is 14. The Hall–Kier alpha value is -2.37. The largest absolute Gasteiger partial charge is 0.462 e. The van der Waals surface area contributed by atoms with Crippen molar-refractivity contribution in [1.29, 1.82) is 0 Å². The molecule has 1 aromatic carbocycles. The summed E-state index contributed by atoms with van der Waals surface area (Å²) in [5.74, 6) is 0.398. The average Bonchev–Trinajstić information content (AvgIpc) is 2.84. The molecule has 2 rings (SSSR count). The monoisotopic (exact) mass is 486 g/mol. The molecule has 6 nitrogen and oxygen atoms in total. The van der Waals surface area contributed by atoms with Crippen LogP contribution in [0.3, 0.4) is 0 Å². The molecule has 35 heavy (non-hydrogen) atoms. The molecule has 6 heteroatoms. The van der Waals surface area contributed by atoms with Gasteiger partial charge in [-0.3, -0.25) is 9.59 Å². The number of carbonyl (C=O) groups excluding carboxylic acids is 3. The van der Waals surface area contributed by atoms with E-state index in [-0.39, 0.29) is 29.6 Å². The highest BCUT2D eigenvalue weighted by Gasteiger charge is 2.29. The lowest BCUT2D eigenvalue weighted by atomic mass is 9.79. The zero-order valence-corrected chi connectivity index (χ0v) is 22.2. The van der Waals surface area contributed by atoms with Crippen molar-refractivity contribution >= 4 is 23.5 Å². The zero-order chi connectivity index (χ0) is 25.6. The molecule has 1 saturated carbocycles. The predicted octanol–water partition coefficient (Wildman–Crippen LogP) is 6.50. The van der Waals surface area contributed by atoms with Gasteiger partial charge in [-0.2, -0.15) is 0 Å². The van der Waals surface area contributed by atoms with Gasteiger partial charge in [-0.05, 0) is 75.1 Å². The Morgan fingerprint density at radius 2 is 1.60 bits per heavy atom. The summed E-state index contributed by atoms with van der Waals surface area (Å²) >= 11 is 0. The molecule has 1 aliphatic rings. The highest BCUT2D eigenvalue weighted by molar-refractivity contribution is 5.98. The highest BCUT2D eigenvalue weighted by Crippen LogP contribution is 2.32. The molecule has 2 amide bonds. The molecule has 2 N–H and O–H groups in total. The Kier molecular flexibility index (Phi) is 12.9. The maximum absolute atomic E-state index is 13.0. The van der Waals surface area contributed by atoms with Crippen LogP contribution < -0.4 is 10.6 Å². The van der Waals surface area contributed by atoms with Gasteiger partial charge in [-0.1, -0.05) is 59.3 Å². The second kappa shape index (κ2) is 15.6. The number of carbonyl (C=O) groups is 3. The molecule has 0 aliphatic heterocycles. The standard InChI is InChI=1S/C29H46N2O4/c1-5-7-8-9-10-11-22-12-14-23(15-13-22)27(32)31-26(20-21(3)4)28(33)30-25-18-16-24(17-19-25)29(34)35-6-2/h16-19,21-23,26H,5-15,20H2,1-4H3,(H,30,33)(H,31,32)/t22?,23?,26-/m1/s1. The van der Waals surface area contributed by atoms with Crippen LogP contribution in [-0.4, -0.2) is 30.4 Å². The third-order valence-electron chi connectivity index (χ3n) is 6.94. The van der Waals surface area contributed by atoms with Crippen molar-refractivity contribution in [2.45, 2.75) is 104 Å². The molecule has 0 unspecified atom stereocenters. The topological polar surface area (TPSA) is 84.5 Å². The molecule has 1 aliphatic carbocycles. The van der Waals surface area contributed by atoms with E-state index >= 15 is 0 Å². The smallest absolute Gasteiger partial charge is 0.338 e. The summed E-state index contributed by atoms with van der Waals surface area (Å²) < 4.78 is 5.00. The number of hydrogen-bond donors (Lipinski definition) is 2. The Morgan fingerprint density at radius 1 is 0.943 bits per heavy atom. The number of amides is 2. The van der Waals surface area contributed by atoms with Crippen LogP contribution in [0.2, 0.25) is 0 Å². The lowest BCUT2D eigenvalue weighted by Crippen LogP contribution is -2.47. The second-order valence-electron chi connectivity index (χ2n) is 10.4. The van der Waals surface area contributed by atoms with Crippen LogP contribution >= 0.6 is 0 Å². The summed E-state index contributed by atoms with van der Waals surface area (Å²) in [6.45, 7) is 8.41. The van der Waals surface area contributed by atoms with E-state index in [9.17, 15) is 14.4 Å². The maximum Gasteiger partial charge on any atom is 0.338 e. The summed E-state index contributed by atoms with van der Waals surface area (Å²) in [5, 5.41) is 5.93. The van der Waals surface area contributed by atoms with Crippen LogP contribution in [0, 0.1) is 17.8 Å². The van der Waals surface area contributed by atoms with Gasteiger partial charge in [0.1, 0.15) is 6.04 Å². The van der Waals surface area contributed by atoms with Gasteiger partial charge in [-0.25, -0.2) is 4.79 Å². The maximum atomic E-state index is 13.0. The van der Waals surface area contributed by atoms with E-state index in [1.807, 2.05) is 13.8 Å². The first kappa shape index (κ1) is 28.9. The third-order valence-corrected chi connectivity index (χ3v) is 6.94. The Bertz CT molecular complexity index is 782. The van der Waals surface area contributed by atoms with Gasteiger partial charge in [0.15, 0.2) is 0 Å². The predicted molar refractivity (Wildman–Crippen MR) is 141 cm³/mol. The molecular formula is C29H46N2O4. The molecule has 0 bridgehead atoms. The molecule has 1 atom stereocenters. The number of ether oxygens (including phenoxy) is 1. The number of benzene rings is 1. The summed E-state index contributed by atoms with van der Waals surface area (Å²) in [6.07, 6.45) is 12.5. The summed E-state index contributed by atoms with van der Waals surface area (Å²) in [7, 11) is 0. The quantitative estimate of drug-likeness (QED) is 0.232. The van der Waals surface area contributed by atoms with Crippen molar-refractivity contribution in [2.24, 2.45) is 17.8 Å². The fraction of sp³-hybridized carbons (Fsp3) is 0.690. The Morgan fingerprint density at radius 3 is 2.20 bits per heavy atom. The van der Waals surface area contributed by atoms with Gasteiger partial charge in [-0.15, -0.1) is 0 Å². The van der Waals surface area contributed by atoms with Gasteiger partial charge < -0.3 is 15.4 Å². The number of nitrogens with one attached hydrogen (secondary N) is 2. The van der Waals surface area contributed by atoms with Crippen LogP contribution in [0.5, 0.6) is 0 Å². The average molecular weight is 487 g/mol. The lowest BCUT2D eigenvalue weighted by Gasteiger charge is -2.29. The Balaban J connectivity index is 1.85. The van der Waals surface area contributed by atoms with Gasteiger partial charge in [0, 0.05) is 11.6 Å². The minimum Gasteiger partial charge on any atom is -0.462 e. The third kappa shape index (κ3) is 10.4. The minimum atomic E-state index is -0.580. The van der Waals surface area contributed by atoms with Crippen LogP contribution in [0.15, 0.2) is 24.3 Å². The zero-order valence-electron chi connectivity index (χ0n) is 22.2. The number of unbranched alkanes of at least 4 members (excludes halogenated alkanes) is 4. The van der Waals surface area contributed by atoms with E-state index < -0.39 is 6.04 Å². The van der Waals surface area contributed by atoms with Crippen molar-refractivity contribution in [1.82, 2.24) is 5.32 Å². The van der Waals surface area contributed by atoms with Crippen LogP contribution in [0.25, 0.3) is 0 Å². The molecular weight excluding hydrogens is 440 g/mol. The molecule has 196 valence electrons. The molecule has 0 aromatic heterocycles. The first-order valence-electron chi connectivity index (χ1n) is 13.7. The van der Waals surface area contributed by atoms with Crippen molar-refractivity contribution in [3.8, 4) is 0 Å². The fourth-order valence-corrected chi connectivity index (χ4v) is 4.88. The van der Waals surface area contributed by atoms with Crippen molar-refractivity contribution in [3.05, 3.63) is 29.8 Å². The van der Waals surface area contributed by atoms with Crippen LogP contribution in [0.1, 0.15) is 109 Å². The van der Waals surface area contributed by atoms with E-state index in [0.29, 0.717) is 24.3 Å². The molecule has 1 fully saturated rings. The summed E-state index contributed by atoms with van der Waals surface area (Å²) in [4.78, 5) is 37.9. The highest BCUT2D eigenvalue weighted by atomic mass is 16.5. The van der Waals surface area contributed by atoms with E-state index in [1.54, 1.807) is 31.2 Å². The molecule has 0 radical (unpaired) electrons. The lowest BCUT2D eigenvalue weighted by molar-refractivity contribution is -0.130. The van der Waals surface area contributed by atoms with Gasteiger partial charge in [0.25, 0.3) is 0 Å². The van der Waals surface area contributed by atoms with Crippen molar-refractivity contribution < 1.29 is 19.1 Å². The van der Waals surface area contributed by atoms with E-state index in [2.05, 4.69) is 17.6 Å². The Labute approximate surface area is 212 Å². The fourth-order valence-electron chi connectivity index (χ4n) is 4.88. The van der Waals surface area contributed by atoms with Crippen LogP contribution in [-0.2, 0) is 14.3 Å². The summed E-state index contributed by atoms with van der Waals surface area (Å²) in [6, 6.07) is 6.05. The second-order valence-corrected chi connectivity index (χ2v) is 10.4. The molecule has 0 heterocycles. The van der Waals surface area contributed by atoms with E-state index in [0.717, 1.165) is 31.6 Å². The first-order valence-corrected chi connectivity index (χ1v) is 13.7. The van der Waals surface area contributed by atoms with Crippen LogP contribution in [0.4, 0.5) is 5.69 Å². The van der Waals surface area contributed by atoms with Gasteiger partial charge in [0.2, 0.25) is 11.8 Å². The SMILES string of the molecule is CCCCCCCC1CCC(C(=O)N[C@H](CC(C)C)C(=O)Nc2ccc(C(=O)OCC)cc2)CC1. The normalized spacial score (nSPS) is 18.7. The van der Waals surface area contributed by atoms with Gasteiger partial charge in [0.05, 0.1) is 12.2 Å². The minimum absolute atomic E-state index is 0.00216. The van der Waals surface area contributed by atoms with E-state index in [1.165, 1.54) is 38.5 Å². The first-order chi connectivity index (χ1) is 16.8.